The Bertz CT molecular complexity index is 176. The van der Waals surface area contributed by atoms with Crippen molar-refractivity contribution in [3.8, 4) is 0 Å². The van der Waals surface area contributed by atoms with Crippen molar-refractivity contribution in [2.45, 2.75) is 46.6 Å². The molecule has 0 aliphatic rings. The van der Waals surface area contributed by atoms with Gasteiger partial charge >= 0.3 is 5.97 Å². The average Bonchev–Trinajstić information content (AvgIpc) is 2.03. The van der Waals surface area contributed by atoms with Crippen molar-refractivity contribution in [2.75, 3.05) is 13.2 Å². The molecule has 3 nitrogen and oxygen atoms in total. The largest absolute Gasteiger partial charge is 0.464 e. The Morgan fingerprint density at radius 2 is 2.00 bits per heavy atom. The van der Waals surface area contributed by atoms with Crippen molar-refractivity contribution < 1.29 is 9.53 Å². The van der Waals surface area contributed by atoms with Crippen LogP contribution >= 0.6 is 0 Å². The number of ether oxygens (including phenoxy) is 1. The van der Waals surface area contributed by atoms with E-state index >= 15 is 0 Å². The molecule has 0 heterocycles. The summed E-state index contributed by atoms with van der Waals surface area (Å²) in [5.74, 6) is 0.407. The molecule has 0 saturated heterocycles. The molecule has 0 aromatic rings. The second-order valence-electron chi connectivity index (χ2n) is 4.47. The van der Waals surface area contributed by atoms with Gasteiger partial charge in [0.2, 0.25) is 0 Å². The van der Waals surface area contributed by atoms with Gasteiger partial charge in [0.15, 0.2) is 0 Å². The summed E-state index contributed by atoms with van der Waals surface area (Å²) in [6, 6.07) is 0. The van der Waals surface area contributed by atoms with Gasteiger partial charge in [0.25, 0.3) is 0 Å². The van der Waals surface area contributed by atoms with Gasteiger partial charge in [0.05, 0.1) is 6.61 Å². The van der Waals surface area contributed by atoms with Crippen molar-refractivity contribution in [2.24, 2.45) is 5.92 Å². The first-order valence-electron chi connectivity index (χ1n) is 5.32. The zero-order chi connectivity index (χ0) is 11.2. The van der Waals surface area contributed by atoms with E-state index in [1.165, 1.54) is 0 Å². The van der Waals surface area contributed by atoms with Gasteiger partial charge in [-0.2, -0.15) is 0 Å². The van der Waals surface area contributed by atoms with Crippen molar-refractivity contribution in [1.29, 1.82) is 0 Å². The van der Waals surface area contributed by atoms with E-state index in [-0.39, 0.29) is 5.97 Å². The maximum absolute atomic E-state index is 11.6. The molecule has 3 heteroatoms. The Morgan fingerprint density at radius 3 is 2.43 bits per heavy atom. The van der Waals surface area contributed by atoms with Gasteiger partial charge in [0.1, 0.15) is 5.54 Å². The lowest BCUT2D eigenvalue weighted by molar-refractivity contribution is -0.150. The molecule has 0 rings (SSSR count). The SMILES string of the molecule is CCNC(C)(C)C(=O)OCCC(C)C. The molecular weight excluding hydrogens is 178 g/mol. The van der Waals surface area contributed by atoms with Crippen LogP contribution in [0.2, 0.25) is 0 Å². The Labute approximate surface area is 87.2 Å². The lowest BCUT2D eigenvalue weighted by atomic mass is 10.1. The lowest BCUT2D eigenvalue weighted by Crippen LogP contribution is -2.47. The first-order valence-corrected chi connectivity index (χ1v) is 5.32. The lowest BCUT2D eigenvalue weighted by Gasteiger charge is -2.23. The maximum Gasteiger partial charge on any atom is 0.325 e. The van der Waals surface area contributed by atoms with E-state index in [2.05, 4.69) is 19.2 Å². The van der Waals surface area contributed by atoms with Crippen LogP contribution in [0.3, 0.4) is 0 Å². The number of rotatable bonds is 6. The van der Waals surface area contributed by atoms with Crippen LogP contribution < -0.4 is 5.32 Å². The normalized spacial score (nSPS) is 11.9. The molecule has 0 amide bonds. The predicted molar refractivity (Wildman–Crippen MR) is 58.2 cm³/mol. The minimum absolute atomic E-state index is 0.167. The monoisotopic (exact) mass is 201 g/mol. The Balaban J connectivity index is 3.83. The highest BCUT2D eigenvalue weighted by Gasteiger charge is 2.27. The fraction of sp³-hybridized carbons (Fsp3) is 0.909. The first kappa shape index (κ1) is 13.4. The topological polar surface area (TPSA) is 38.3 Å². The molecule has 0 unspecified atom stereocenters. The van der Waals surface area contributed by atoms with E-state index in [1.807, 2.05) is 20.8 Å². The summed E-state index contributed by atoms with van der Waals surface area (Å²) in [5, 5.41) is 3.09. The molecule has 0 aliphatic carbocycles. The Morgan fingerprint density at radius 1 is 1.43 bits per heavy atom. The molecule has 0 aliphatic heterocycles. The van der Waals surface area contributed by atoms with Crippen LogP contribution in [0, 0.1) is 5.92 Å². The number of esters is 1. The summed E-state index contributed by atoms with van der Waals surface area (Å²) < 4.78 is 5.17. The summed E-state index contributed by atoms with van der Waals surface area (Å²) in [7, 11) is 0. The number of hydrogen-bond acceptors (Lipinski definition) is 3. The number of likely N-dealkylation sites (N-methyl/N-ethyl adjacent to an activating group) is 1. The summed E-state index contributed by atoms with van der Waals surface area (Å²) >= 11 is 0. The quantitative estimate of drug-likeness (QED) is 0.668. The van der Waals surface area contributed by atoms with Crippen molar-refractivity contribution >= 4 is 5.97 Å². The van der Waals surface area contributed by atoms with Gasteiger partial charge in [-0.25, -0.2) is 0 Å². The Kier molecular flexibility index (Phi) is 5.77. The van der Waals surface area contributed by atoms with Crippen LogP contribution in [-0.4, -0.2) is 24.7 Å². The summed E-state index contributed by atoms with van der Waals surface area (Å²) in [6.45, 7) is 11.2. The standard InChI is InChI=1S/C11H23NO2/c1-6-12-11(4,5)10(13)14-8-7-9(2)3/h9,12H,6-8H2,1-5H3. The fourth-order valence-electron chi connectivity index (χ4n) is 1.08. The van der Waals surface area contributed by atoms with Crippen molar-refractivity contribution in [3.05, 3.63) is 0 Å². The van der Waals surface area contributed by atoms with Crippen LogP contribution in [0.25, 0.3) is 0 Å². The molecule has 0 saturated carbocycles. The van der Waals surface area contributed by atoms with E-state index in [0.29, 0.717) is 12.5 Å². The van der Waals surface area contributed by atoms with Crippen LogP contribution in [0.15, 0.2) is 0 Å². The van der Waals surface area contributed by atoms with Gasteiger partial charge < -0.3 is 10.1 Å². The van der Waals surface area contributed by atoms with E-state index in [0.717, 1.165) is 13.0 Å². The smallest absolute Gasteiger partial charge is 0.325 e. The Hall–Kier alpha value is -0.570. The highest BCUT2D eigenvalue weighted by molar-refractivity contribution is 5.79. The molecule has 0 fully saturated rings. The molecule has 1 N–H and O–H groups in total. The summed E-state index contributed by atoms with van der Waals surface area (Å²) in [4.78, 5) is 11.6. The van der Waals surface area contributed by atoms with Crippen LogP contribution in [0.5, 0.6) is 0 Å². The number of nitrogens with one attached hydrogen (secondary N) is 1. The minimum atomic E-state index is -0.564. The molecule has 0 aromatic carbocycles. The van der Waals surface area contributed by atoms with E-state index in [4.69, 9.17) is 4.74 Å². The third-order valence-corrected chi connectivity index (χ3v) is 2.06. The predicted octanol–water partition coefficient (Wildman–Crippen LogP) is 1.96. The van der Waals surface area contributed by atoms with Gasteiger partial charge in [-0.05, 0) is 32.7 Å². The van der Waals surface area contributed by atoms with Crippen molar-refractivity contribution in [1.82, 2.24) is 5.32 Å². The molecule has 0 spiro atoms. The van der Waals surface area contributed by atoms with Crippen LogP contribution in [0.4, 0.5) is 0 Å². The molecule has 14 heavy (non-hydrogen) atoms. The molecule has 84 valence electrons. The van der Waals surface area contributed by atoms with E-state index in [9.17, 15) is 4.79 Å². The second-order valence-corrected chi connectivity index (χ2v) is 4.47. The maximum atomic E-state index is 11.6. The zero-order valence-electron chi connectivity index (χ0n) is 10.0. The molecule has 0 radical (unpaired) electrons. The molecule has 0 atom stereocenters. The average molecular weight is 201 g/mol. The summed E-state index contributed by atoms with van der Waals surface area (Å²) in [5.41, 5.74) is -0.564. The highest BCUT2D eigenvalue weighted by atomic mass is 16.5. The van der Waals surface area contributed by atoms with Gasteiger partial charge in [-0.15, -0.1) is 0 Å². The number of carbonyl (C=O) groups is 1. The minimum Gasteiger partial charge on any atom is -0.464 e. The van der Waals surface area contributed by atoms with Crippen molar-refractivity contribution in [3.63, 3.8) is 0 Å². The summed E-state index contributed by atoms with van der Waals surface area (Å²) in [6.07, 6.45) is 0.925. The highest BCUT2D eigenvalue weighted by Crippen LogP contribution is 2.06. The van der Waals surface area contributed by atoms with Crippen LogP contribution in [0.1, 0.15) is 41.0 Å². The fourth-order valence-corrected chi connectivity index (χ4v) is 1.08. The zero-order valence-corrected chi connectivity index (χ0v) is 10.0. The van der Waals surface area contributed by atoms with E-state index < -0.39 is 5.54 Å². The van der Waals surface area contributed by atoms with E-state index in [1.54, 1.807) is 0 Å². The third-order valence-electron chi connectivity index (χ3n) is 2.06. The first-order chi connectivity index (χ1) is 6.40. The third kappa shape index (κ3) is 5.22. The molecule has 0 aromatic heterocycles. The van der Waals surface area contributed by atoms with Gasteiger partial charge in [-0.1, -0.05) is 20.8 Å². The second kappa shape index (κ2) is 6.02. The van der Waals surface area contributed by atoms with Crippen LogP contribution in [-0.2, 0) is 9.53 Å². The van der Waals surface area contributed by atoms with Gasteiger partial charge in [-0.3, -0.25) is 4.79 Å². The number of hydrogen-bond donors (Lipinski definition) is 1. The molecular formula is C11H23NO2. The van der Waals surface area contributed by atoms with Gasteiger partial charge in [0, 0.05) is 0 Å². The molecule has 0 bridgehead atoms. The number of carbonyl (C=O) groups excluding carboxylic acids is 1.